The fraction of sp³-hybridized carbons (Fsp3) is 0.667. The number of thioether (sulfide) groups is 1. The zero-order valence-corrected chi connectivity index (χ0v) is 13.4. The predicted molar refractivity (Wildman–Crippen MR) is 84.2 cm³/mol. The van der Waals surface area contributed by atoms with Gasteiger partial charge in [0.15, 0.2) is 0 Å². The molecule has 0 spiro atoms. The normalized spacial score (nSPS) is 30.1. The molecule has 1 amide bonds. The molecule has 0 radical (unpaired) electrons. The van der Waals surface area contributed by atoms with E-state index >= 15 is 0 Å². The van der Waals surface area contributed by atoms with Crippen LogP contribution in [-0.4, -0.2) is 40.9 Å². The first-order valence-electron chi connectivity index (χ1n) is 7.30. The molecule has 0 aromatic carbocycles. The van der Waals surface area contributed by atoms with E-state index in [1.165, 1.54) is 10.4 Å². The molecule has 3 heterocycles. The molecule has 0 saturated carbocycles. The van der Waals surface area contributed by atoms with Crippen LogP contribution < -0.4 is 0 Å². The molecule has 3 atom stereocenters. The van der Waals surface area contributed by atoms with E-state index in [4.69, 9.17) is 0 Å². The monoisotopic (exact) mass is 311 g/mol. The van der Waals surface area contributed by atoms with Crippen LogP contribution in [0.1, 0.15) is 35.5 Å². The van der Waals surface area contributed by atoms with Crippen LogP contribution in [0.4, 0.5) is 0 Å². The van der Waals surface area contributed by atoms with E-state index in [0.29, 0.717) is 12.6 Å². The minimum absolute atomic E-state index is 0.0232. The minimum atomic E-state index is -0.0232. The Hall–Kier alpha value is -0.520. The molecular formula is C15H21NO2S2. The molecule has 3 nitrogen and oxygen atoms in total. The summed E-state index contributed by atoms with van der Waals surface area (Å²) in [5.41, 5.74) is 1.23. The van der Waals surface area contributed by atoms with E-state index in [1.807, 2.05) is 4.90 Å². The fourth-order valence-electron chi connectivity index (χ4n) is 3.14. The van der Waals surface area contributed by atoms with Gasteiger partial charge in [-0.2, -0.15) is 0 Å². The van der Waals surface area contributed by atoms with Crippen molar-refractivity contribution in [3.63, 3.8) is 0 Å². The van der Waals surface area contributed by atoms with Gasteiger partial charge in [-0.3, -0.25) is 4.79 Å². The van der Waals surface area contributed by atoms with Crippen LogP contribution in [0.5, 0.6) is 0 Å². The molecule has 1 aromatic rings. The highest BCUT2D eigenvalue weighted by Gasteiger charge is 2.36. The number of likely N-dealkylation sites (tertiary alicyclic amines) is 1. The second kappa shape index (κ2) is 6.08. The van der Waals surface area contributed by atoms with E-state index in [0.717, 1.165) is 25.0 Å². The summed E-state index contributed by atoms with van der Waals surface area (Å²) in [5.74, 6) is 1.54. The number of thiophene rings is 1. The Kier molecular flexibility index (Phi) is 4.38. The van der Waals surface area contributed by atoms with Crippen LogP contribution in [0.25, 0.3) is 0 Å². The maximum absolute atomic E-state index is 12.9. The summed E-state index contributed by atoms with van der Waals surface area (Å²) >= 11 is 3.55. The highest BCUT2D eigenvalue weighted by molar-refractivity contribution is 8.00. The van der Waals surface area contributed by atoms with Gasteiger partial charge in [0.2, 0.25) is 5.91 Å². The van der Waals surface area contributed by atoms with Crippen molar-refractivity contribution in [1.29, 1.82) is 0 Å². The van der Waals surface area contributed by atoms with Gasteiger partial charge in [0.25, 0.3) is 0 Å². The van der Waals surface area contributed by atoms with E-state index in [2.05, 4.69) is 18.4 Å². The molecular weight excluding hydrogens is 290 g/mol. The lowest BCUT2D eigenvalue weighted by Gasteiger charge is -2.39. The molecule has 20 heavy (non-hydrogen) atoms. The van der Waals surface area contributed by atoms with E-state index in [9.17, 15) is 9.90 Å². The zero-order valence-electron chi connectivity index (χ0n) is 11.7. The third kappa shape index (κ3) is 2.63. The van der Waals surface area contributed by atoms with Gasteiger partial charge in [0.05, 0.1) is 0 Å². The summed E-state index contributed by atoms with van der Waals surface area (Å²) in [5, 5.41) is 11.5. The highest BCUT2D eigenvalue weighted by Crippen LogP contribution is 2.41. The fourth-order valence-corrected chi connectivity index (χ4v) is 5.50. The van der Waals surface area contributed by atoms with Crippen LogP contribution in [0.3, 0.4) is 0 Å². The molecule has 5 heteroatoms. The third-order valence-electron chi connectivity index (χ3n) is 4.42. The van der Waals surface area contributed by atoms with Crippen LogP contribution in [0, 0.1) is 5.92 Å². The molecule has 1 aromatic heterocycles. The van der Waals surface area contributed by atoms with Crippen molar-refractivity contribution in [2.45, 2.75) is 37.5 Å². The minimum Gasteiger partial charge on any atom is -0.396 e. The van der Waals surface area contributed by atoms with Gasteiger partial charge in [0.1, 0.15) is 5.25 Å². The molecule has 0 bridgehead atoms. The van der Waals surface area contributed by atoms with Crippen molar-refractivity contribution >= 4 is 29.0 Å². The molecule has 1 N–H and O–H groups in total. The first-order valence-corrected chi connectivity index (χ1v) is 9.22. The Balaban J connectivity index is 1.79. The number of piperidine rings is 1. The Morgan fingerprint density at radius 3 is 3.15 bits per heavy atom. The highest BCUT2D eigenvalue weighted by atomic mass is 32.2. The summed E-state index contributed by atoms with van der Waals surface area (Å²) in [4.78, 5) is 16.3. The third-order valence-corrected chi connectivity index (χ3v) is 6.65. The smallest absolute Gasteiger partial charge is 0.240 e. The van der Waals surface area contributed by atoms with E-state index < -0.39 is 0 Å². The number of carbonyl (C=O) groups is 1. The SMILES string of the molecule is CC1CCC(CO)CN1C(=O)C1SCCc2sccc21. The standard InChI is InChI=1S/C15H21NO2S2/c1-10-2-3-11(9-17)8-16(10)15(18)14-12-4-6-19-13(12)5-7-20-14/h4,6,10-11,14,17H,2-3,5,7-9H2,1H3. The molecule has 3 rings (SSSR count). The first-order chi connectivity index (χ1) is 9.70. The largest absolute Gasteiger partial charge is 0.396 e. The number of aliphatic hydroxyl groups is 1. The van der Waals surface area contributed by atoms with Gasteiger partial charge in [-0.15, -0.1) is 23.1 Å². The van der Waals surface area contributed by atoms with Gasteiger partial charge in [0, 0.05) is 24.1 Å². The summed E-state index contributed by atoms with van der Waals surface area (Å²) < 4.78 is 0. The van der Waals surface area contributed by atoms with Gasteiger partial charge >= 0.3 is 0 Å². The van der Waals surface area contributed by atoms with Crippen LogP contribution in [-0.2, 0) is 11.2 Å². The van der Waals surface area contributed by atoms with Crippen LogP contribution in [0.15, 0.2) is 11.4 Å². The lowest BCUT2D eigenvalue weighted by molar-refractivity contribution is -0.135. The summed E-state index contributed by atoms with van der Waals surface area (Å²) in [7, 11) is 0. The average Bonchev–Trinajstić information content (AvgIpc) is 2.95. The molecule has 2 aliphatic heterocycles. The Morgan fingerprint density at radius 2 is 2.35 bits per heavy atom. The van der Waals surface area contributed by atoms with E-state index in [-0.39, 0.29) is 23.7 Å². The number of carbonyl (C=O) groups excluding carboxylic acids is 1. The number of fused-ring (bicyclic) bond motifs is 1. The number of rotatable bonds is 2. The van der Waals surface area contributed by atoms with Gasteiger partial charge < -0.3 is 10.0 Å². The van der Waals surface area contributed by atoms with Crippen molar-refractivity contribution in [1.82, 2.24) is 4.90 Å². The van der Waals surface area contributed by atoms with E-state index in [1.54, 1.807) is 23.1 Å². The molecule has 1 saturated heterocycles. The lowest BCUT2D eigenvalue weighted by atomic mass is 9.93. The number of aryl methyl sites for hydroxylation is 1. The van der Waals surface area contributed by atoms with Crippen molar-refractivity contribution in [2.75, 3.05) is 18.9 Å². The predicted octanol–water partition coefficient (Wildman–Crippen LogP) is 2.70. The topological polar surface area (TPSA) is 40.5 Å². The summed E-state index contributed by atoms with van der Waals surface area (Å²) in [6.07, 6.45) is 3.13. The molecule has 1 fully saturated rings. The zero-order chi connectivity index (χ0) is 14.1. The van der Waals surface area contributed by atoms with Crippen molar-refractivity contribution < 1.29 is 9.90 Å². The van der Waals surface area contributed by atoms with Crippen molar-refractivity contribution in [3.8, 4) is 0 Å². The van der Waals surface area contributed by atoms with Gasteiger partial charge in [-0.1, -0.05) is 0 Å². The summed E-state index contributed by atoms with van der Waals surface area (Å²) in [6, 6.07) is 2.42. The Bertz CT molecular complexity index is 488. The number of amides is 1. The maximum atomic E-state index is 12.9. The molecule has 110 valence electrons. The number of nitrogens with zero attached hydrogens (tertiary/aromatic N) is 1. The van der Waals surface area contributed by atoms with Crippen LogP contribution >= 0.6 is 23.1 Å². The summed E-state index contributed by atoms with van der Waals surface area (Å²) in [6.45, 7) is 3.04. The molecule has 3 unspecified atom stereocenters. The number of hydrogen-bond donors (Lipinski definition) is 1. The Morgan fingerprint density at radius 1 is 1.50 bits per heavy atom. The number of hydrogen-bond acceptors (Lipinski definition) is 4. The molecule has 0 aliphatic carbocycles. The van der Waals surface area contributed by atoms with Gasteiger partial charge in [-0.25, -0.2) is 0 Å². The van der Waals surface area contributed by atoms with Crippen LogP contribution in [0.2, 0.25) is 0 Å². The first kappa shape index (κ1) is 14.4. The lowest BCUT2D eigenvalue weighted by Crippen LogP contribution is -2.48. The second-order valence-electron chi connectivity index (χ2n) is 5.77. The Labute approximate surface area is 128 Å². The maximum Gasteiger partial charge on any atom is 0.240 e. The van der Waals surface area contributed by atoms with Crippen molar-refractivity contribution in [3.05, 3.63) is 21.9 Å². The quantitative estimate of drug-likeness (QED) is 0.913. The number of aliphatic hydroxyl groups excluding tert-OH is 1. The second-order valence-corrected chi connectivity index (χ2v) is 7.98. The average molecular weight is 311 g/mol. The van der Waals surface area contributed by atoms with Crippen molar-refractivity contribution in [2.24, 2.45) is 5.92 Å². The molecule has 2 aliphatic rings. The van der Waals surface area contributed by atoms with Gasteiger partial charge in [-0.05, 0) is 54.9 Å².